The summed E-state index contributed by atoms with van der Waals surface area (Å²) in [6, 6.07) is 14.6. The second kappa shape index (κ2) is 8.79. The quantitative estimate of drug-likeness (QED) is 0.752. The predicted molar refractivity (Wildman–Crippen MR) is 123 cm³/mol. The first-order valence-corrected chi connectivity index (χ1v) is 11.0. The summed E-state index contributed by atoms with van der Waals surface area (Å²) in [5.74, 6) is 1.54. The Bertz CT molecular complexity index is 947. The number of likely N-dealkylation sites (tertiary alicyclic amines) is 1. The number of carbonyl (C=O) groups is 1. The fourth-order valence-electron chi connectivity index (χ4n) is 5.47. The van der Waals surface area contributed by atoms with Crippen molar-refractivity contribution >= 4 is 11.7 Å². The highest BCUT2D eigenvalue weighted by Gasteiger charge is 2.50. The lowest BCUT2D eigenvalue weighted by atomic mass is 9.65. The predicted octanol–water partition coefficient (Wildman–Crippen LogP) is 4.33. The molecule has 2 aliphatic rings. The highest BCUT2D eigenvalue weighted by molar-refractivity contribution is 5.89. The van der Waals surface area contributed by atoms with Crippen LogP contribution in [0.25, 0.3) is 0 Å². The zero-order chi connectivity index (χ0) is 22.0. The van der Waals surface area contributed by atoms with Crippen molar-refractivity contribution in [2.45, 2.75) is 50.1 Å². The molecule has 6 heteroatoms. The molecular formula is C25H33N3O3. The first-order valence-electron chi connectivity index (χ1n) is 11.0. The van der Waals surface area contributed by atoms with E-state index >= 15 is 0 Å². The zero-order valence-corrected chi connectivity index (χ0v) is 18.9. The van der Waals surface area contributed by atoms with Gasteiger partial charge in [-0.25, -0.2) is 4.79 Å². The average Bonchev–Trinajstić information content (AvgIpc) is 3.10. The van der Waals surface area contributed by atoms with Crippen LogP contribution < -0.4 is 20.1 Å². The summed E-state index contributed by atoms with van der Waals surface area (Å²) in [7, 11) is 5.55. The number of anilines is 1. The molecule has 0 radical (unpaired) electrons. The number of nitrogens with zero attached hydrogens (tertiary/aromatic N) is 1. The molecule has 6 nitrogen and oxygen atoms in total. The van der Waals surface area contributed by atoms with Gasteiger partial charge in [0.2, 0.25) is 0 Å². The molecule has 1 heterocycles. The van der Waals surface area contributed by atoms with Crippen LogP contribution in [0.4, 0.5) is 10.5 Å². The normalized spacial score (nSPS) is 25.5. The first kappa shape index (κ1) is 21.5. The van der Waals surface area contributed by atoms with E-state index in [-0.39, 0.29) is 17.5 Å². The summed E-state index contributed by atoms with van der Waals surface area (Å²) in [6.45, 7) is 3.08. The van der Waals surface area contributed by atoms with Gasteiger partial charge in [0.15, 0.2) is 11.5 Å². The number of nitrogens with one attached hydrogen (secondary N) is 2. The van der Waals surface area contributed by atoms with Gasteiger partial charge in [-0.05, 0) is 81.6 Å². The van der Waals surface area contributed by atoms with Crippen molar-refractivity contribution in [1.29, 1.82) is 0 Å². The largest absolute Gasteiger partial charge is 0.493 e. The molecule has 0 aromatic heterocycles. The molecule has 166 valence electrons. The Labute approximate surface area is 184 Å². The minimum Gasteiger partial charge on any atom is -0.493 e. The smallest absolute Gasteiger partial charge is 0.319 e. The molecule has 2 aromatic rings. The highest BCUT2D eigenvalue weighted by Crippen LogP contribution is 2.49. The number of fused-ring (bicyclic) bond motifs is 1. The number of hydrogen-bond donors (Lipinski definition) is 2. The third-order valence-corrected chi connectivity index (χ3v) is 7.10. The van der Waals surface area contributed by atoms with E-state index in [1.54, 1.807) is 14.2 Å². The molecule has 2 amide bonds. The molecule has 2 fully saturated rings. The topological polar surface area (TPSA) is 62.8 Å². The number of carbonyl (C=O) groups excluding carboxylic acids is 1. The second-order valence-electron chi connectivity index (χ2n) is 8.91. The van der Waals surface area contributed by atoms with E-state index in [4.69, 9.17) is 9.47 Å². The first-order chi connectivity index (χ1) is 14.9. The number of hydrogen-bond acceptors (Lipinski definition) is 4. The lowest BCUT2D eigenvalue weighted by Crippen LogP contribution is -2.52. The number of likely N-dealkylation sites (N-methyl/N-ethyl adjacent to an activating group) is 1. The van der Waals surface area contributed by atoms with Crippen molar-refractivity contribution in [2.24, 2.45) is 0 Å². The van der Waals surface area contributed by atoms with Crippen molar-refractivity contribution in [3.63, 3.8) is 0 Å². The Kier molecular flexibility index (Phi) is 6.10. The van der Waals surface area contributed by atoms with Crippen LogP contribution in [0.15, 0.2) is 42.5 Å². The lowest BCUT2D eigenvalue weighted by Gasteiger charge is -2.45. The maximum atomic E-state index is 12.6. The molecule has 31 heavy (non-hydrogen) atoms. The Hall–Kier alpha value is -2.73. The van der Waals surface area contributed by atoms with Crippen molar-refractivity contribution in [3.8, 4) is 11.5 Å². The lowest BCUT2D eigenvalue weighted by molar-refractivity contribution is 0.156. The SMILES string of the molecule is COc1ccc([C@@]23CC[C@@H](NC(=O)Nc4cccc(C)c4)C[C@@H]2N(C)CC3)cc1OC. The van der Waals surface area contributed by atoms with E-state index in [2.05, 4.69) is 34.7 Å². The number of methoxy groups -OCH3 is 2. The van der Waals surface area contributed by atoms with Gasteiger partial charge >= 0.3 is 6.03 Å². The summed E-state index contributed by atoms with van der Waals surface area (Å²) >= 11 is 0. The Morgan fingerprint density at radius 2 is 1.90 bits per heavy atom. The van der Waals surface area contributed by atoms with Crippen molar-refractivity contribution < 1.29 is 14.3 Å². The average molecular weight is 424 g/mol. The van der Waals surface area contributed by atoms with Crippen molar-refractivity contribution in [2.75, 3.05) is 33.1 Å². The van der Waals surface area contributed by atoms with Crippen LogP contribution in [-0.2, 0) is 5.41 Å². The minimum absolute atomic E-state index is 0.0828. The number of rotatable bonds is 5. The molecule has 0 bridgehead atoms. The molecule has 0 spiro atoms. The molecule has 1 saturated carbocycles. The van der Waals surface area contributed by atoms with Crippen LogP contribution in [0.2, 0.25) is 0 Å². The molecule has 0 unspecified atom stereocenters. The van der Waals surface area contributed by atoms with E-state index in [0.717, 1.165) is 55.0 Å². The third-order valence-electron chi connectivity index (χ3n) is 7.10. The van der Waals surface area contributed by atoms with Gasteiger partial charge in [-0.1, -0.05) is 18.2 Å². The fraction of sp³-hybridized carbons (Fsp3) is 0.480. The number of aryl methyl sites for hydroxylation is 1. The van der Waals surface area contributed by atoms with E-state index in [1.165, 1.54) is 5.56 Å². The number of ether oxygens (including phenoxy) is 2. The summed E-state index contributed by atoms with van der Waals surface area (Å²) in [4.78, 5) is 15.1. The van der Waals surface area contributed by atoms with Gasteiger partial charge in [0.1, 0.15) is 0 Å². The Morgan fingerprint density at radius 1 is 1.10 bits per heavy atom. The molecule has 1 aliphatic heterocycles. The van der Waals surface area contributed by atoms with Gasteiger partial charge in [-0.2, -0.15) is 0 Å². The Morgan fingerprint density at radius 3 is 2.65 bits per heavy atom. The maximum absolute atomic E-state index is 12.6. The fourth-order valence-corrected chi connectivity index (χ4v) is 5.47. The van der Waals surface area contributed by atoms with Crippen LogP contribution in [0.1, 0.15) is 36.8 Å². The summed E-state index contributed by atoms with van der Waals surface area (Å²) in [6.07, 6.45) is 4.05. The van der Waals surface area contributed by atoms with E-state index in [9.17, 15) is 4.79 Å². The Balaban J connectivity index is 1.48. The van der Waals surface area contributed by atoms with Gasteiger partial charge in [-0.15, -0.1) is 0 Å². The van der Waals surface area contributed by atoms with E-state index < -0.39 is 0 Å². The van der Waals surface area contributed by atoms with Gasteiger partial charge in [0.25, 0.3) is 0 Å². The summed E-state index contributed by atoms with van der Waals surface area (Å²) < 4.78 is 11.0. The zero-order valence-electron chi connectivity index (χ0n) is 18.9. The molecular weight excluding hydrogens is 390 g/mol. The second-order valence-corrected chi connectivity index (χ2v) is 8.91. The summed E-state index contributed by atoms with van der Waals surface area (Å²) in [5, 5.41) is 6.18. The molecule has 4 rings (SSSR count). The van der Waals surface area contributed by atoms with Gasteiger partial charge < -0.3 is 25.0 Å². The molecule has 2 N–H and O–H groups in total. The van der Waals surface area contributed by atoms with E-state index in [0.29, 0.717) is 6.04 Å². The van der Waals surface area contributed by atoms with E-state index in [1.807, 2.05) is 37.3 Å². The van der Waals surface area contributed by atoms with Crippen LogP contribution in [0, 0.1) is 6.92 Å². The van der Waals surface area contributed by atoms with Crippen LogP contribution in [0.5, 0.6) is 11.5 Å². The monoisotopic (exact) mass is 423 g/mol. The molecule has 2 aromatic carbocycles. The van der Waals surface area contributed by atoms with Crippen molar-refractivity contribution in [3.05, 3.63) is 53.6 Å². The van der Waals surface area contributed by atoms with Gasteiger partial charge in [0, 0.05) is 23.2 Å². The third kappa shape index (κ3) is 4.22. The summed E-state index contributed by atoms with van der Waals surface area (Å²) in [5.41, 5.74) is 3.34. The maximum Gasteiger partial charge on any atom is 0.319 e. The van der Waals surface area contributed by atoms with Crippen LogP contribution in [-0.4, -0.2) is 50.8 Å². The standard InChI is InChI=1S/C25H33N3O3/c1-17-6-5-7-19(14-17)26-24(29)27-20-10-11-25(12-13-28(2)23(25)16-20)18-8-9-21(30-3)22(15-18)31-4/h5-9,14-15,20,23H,10-13,16H2,1-4H3,(H2,26,27,29)/t20-,23+,25+/m1/s1. The molecule has 3 atom stereocenters. The minimum atomic E-state index is -0.130. The molecule has 1 aliphatic carbocycles. The van der Waals surface area contributed by atoms with Gasteiger partial charge in [0.05, 0.1) is 14.2 Å². The number of urea groups is 1. The van der Waals surface area contributed by atoms with Crippen molar-refractivity contribution in [1.82, 2.24) is 10.2 Å². The number of amides is 2. The highest BCUT2D eigenvalue weighted by atomic mass is 16.5. The van der Waals surface area contributed by atoms with Gasteiger partial charge in [-0.3, -0.25) is 0 Å². The number of benzene rings is 2. The van der Waals surface area contributed by atoms with Crippen LogP contribution >= 0.6 is 0 Å². The molecule has 1 saturated heterocycles. The van der Waals surface area contributed by atoms with Crippen LogP contribution in [0.3, 0.4) is 0 Å².